The minimum absolute atomic E-state index is 0.0359. The standard InChI is InChI=1S/C41H81O7P/c1-4-7-9-11-13-15-17-19-21-23-25-27-29-31-33-35-40(42)46-37-39(38-47-49(44,45)6-3)48-41(43)36-34-32-30-28-26-24-22-20-18-16-14-12-10-8-5-2/h39H,4-38H2,1-3H3,(H,44,45)/t39-/m1/s1. The number of ether oxygens (including phenoxy) is 2. The highest BCUT2D eigenvalue weighted by Crippen LogP contribution is 2.41. The molecule has 0 radical (unpaired) electrons. The van der Waals surface area contributed by atoms with Gasteiger partial charge in [-0.1, -0.05) is 201 Å². The first-order valence-corrected chi connectivity index (χ1v) is 22.9. The van der Waals surface area contributed by atoms with E-state index in [-0.39, 0.29) is 37.7 Å². The van der Waals surface area contributed by atoms with E-state index in [9.17, 15) is 19.0 Å². The van der Waals surface area contributed by atoms with E-state index in [1.54, 1.807) is 6.92 Å². The van der Waals surface area contributed by atoms with Crippen LogP contribution in [0, 0.1) is 0 Å². The van der Waals surface area contributed by atoms with Crippen LogP contribution >= 0.6 is 7.60 Å². The van der Waals surface area contributed by atoms with Crippen molar-refractivity contribution in [3.63, 3.8) is 0 Å². The van der Waals surface area contributed by atoms with Crippen LogP contribution in [0.3, 0.4) is 0 Å². The molecule has 0 rings (SSSR count). The monoisotopic (exact) mass is 717 g/mol. The third kappa shape index (κ3) is 36.7. The summed E-state index contributed by atoms with van der Waals surface area (Å²) in [5.74, 6) is -0.716. The van der Waals surface area contributed by atoms with E-state index in [0.29, 0.717) is 6.42 Å². The van der Waals surface area contributed by atoms with Crippen LogP contribution < -0.4 is 0 Å². The van der Waals surface area contributed by atoms with Gasteiger partial charge in [0.15, 0.2) is 6.10 Å². The summed E-state index contributed by atoms with van der Waals surface area (Å²) < 4.78 is 28.0. The molecule has 49 heavy (non-hydrogen) atoms. The second-order valence-electron chi connectivity index (χ2n) is 14.4. The molecular formula is C41H81O7P. The van der Waals surface area contributed by atoms with Gasteiger partial charge in [0, 0.05) is 19.0 Å². The van der Waals surface area contributed by atoms with Gasteiger partial charge in [-0.2, -0.15) is 0 Å². The fourth-order valence-electron chi connectivity index (χ4n) is 6.19. The Balaban J connectivity index is 3.97. The molecule has 1 N–H and O–H groups in total. The summed E-state index contributed by atoms with van der Waals surface area (Å²) in [7, 11) is -3.75. The van der Waals surface area contributed by atoms with Crippen molar-refractivity contribution in [1.82, 2.24) is 0 Å². The number of esters is 2. The zero-order chi connectivity index (χ0) is 36.1. The quantitative estimate of drug-likeness (QED) is 0.0384. The first-order chi connectivity index (χ1) is 23.8. The summed E-state index contributed by atoms with van der Waals surface area (Å²) >= 11 is 0. The second kappa shape index (κ2) is 36.9. The molecule has 0 aromatic heterocycles. The fraction of sp³-hybridized carbons (Fsp3) is 0.951. The average molecular weight is 717 g/mol. The smallest absolute Gasteiger partial charge is 0.327 e. The van der Waals surface area contributed by atoms with Gasteiger partial charge in [-0.05, 0) is 12.8 Å². The Kier molecular flexibility index (Phi) is 36.2. The molecule has 0 saturated heterocycles. The van der Waals surface area contributed by atoms with Crippen LogP contribution in [0.4, 0.5) is 0 Å². The van der Waals surface area contributed by atoms with Gasteiger partial charge in [-0.25, -0.2) is 0 Å². The first-order valence-electron chi connectivity index (χ1n) is 21.2. The highest BCUT2D eigenvalue weighted by Gasteiger charge is 2.23. The predicted molar refractivity (Wildman–Crippen MR) is 206 cm³/mol. The summed E-state index contributed by atoms with van der Waals surface area (Å²) in [6, 6.07) is 0. The Bertz CT molecular complexity index is 775. The molecule has 1 unspecified atom stereocenters. The summed E-state index contributed by atoms with van der Waals surface area (Å²) in [6.07, 6.45) is 37.6. The molecule has 0 heterocycles. The largest absolute Gasteiger partial charge is 0.462 e. The van der Waals surface area contributed by atoms with Crippen LogP contribution in [0.15, 0.2) is 0 Å². The molecule has 0 aromatic rings. The summed E-state index contributed by atoms with van der Waals surface area (Å²) in [6.45, 7) is 5.67. The van der Waals surface area contributed by atoms with Gasteiger partial charge in [0.25, 0.3) is 0 Å². The molecule has 0 saturated carbocycles. The molecule has 0 aliphatic rings. The minimum atomic E-state index is -3.75. The lowest BCUT2D eigenvalue weighted by Gasteiger charge is -2.19. The van der Waals surface area contributed by atoms with Gasteiger partial charge in [-0.15, -0.1) is 0 Å². The van der Waals surface area contributed by atoms with Crippen molar-refractivity contribution >= 4 is 19.5 Å². The SMILES string of the molecule is CCCCCCCCCCCCCCCCCC(=O)OC[C@H](COP(=O)(O)CC)OC(=O)CCCCCCCCCCCCCCCCC. The normalized spacial score (nSPS) is 13.3. The lowest BCUT2D eigenvalue weighted by molar-refractivity contribution is -0.161. The predicted octanol–water partition coefficient (Wildman–Crippen LogP) is 13.2. The molecule has 0 amide bonds. The van der Waals surface area contributed by atoms with Crippen molar-refractivity contribution in [1.29, 1.82) is 0 Å². The van der Waals surface area contributed by atoms with Crippen LogP contribution in [-0.4, -0.2) is 42.3 Å². The summed E-state index contributed by atoms with van der Waals surface area (Å²) in [5, 5.41) is 0. The van der Waals surface area contributed by atoms with Crippen LogP contribution in [0.1, 0.15) is 226 Å². The molecule has 2 atom stereocenters. The molecule has 0 aromatic carbocycles. The van der Waals surface area contributed by atoms with Crippen LogP contribution in [-0.2, 0) is 28.2 Å². The van der Waals surface area contributed by atoms with Gasteiger partial charge >= 0.3 is 19.5 Å². The van der Waals surface area contributed by atoms with Crippen molar-refractivity contribution in [3.05, 3.63) is 0 Å². The van der Waals surface area contributed by atoms with E-state index in [4.69, 9.17) is 14.0 Å². The van der Waals surface area contributed by atoms with E-state index in [0.717, 1.165) is 38.5 Å². The van der Waals surface area contributed by atoms with Gasteiger partial charge < -0.3 is 18.9 Å². The lowest BCUT2D eigenvalue weighted by atomic mass is 10.0. The summed E-state index contributed by atoms with van der Waals surface area (Å²) in [4.78, 5) is 34.7. The zero-order valence-electron chi connectivity index (χ0n) is 32.7. The molecule has 7 nitrogen and oxygen atoms in total. The van der Waals surface area contributed by atoms with Crippen LogP contribution in [0.25, 0.3) is 0 Å². The van der Waals surface area contributed by atoms with Crippen LogP contribution in [0.2, 0.25) is 0 Å². The Morgan fingerprint density at radius 2 is 0.776 bits per heavy atom. The van der Waals surface area contributed by atoms with Crippen molar-refractivity contribution in [3.8, 4) is 0 Å². The number of hydrogen-bond donors (Lipinski definition) is 1. The molecular weight excluding hydrogens is 635 g/mol. The third-order valence-corrected chi connectivity index (χ3v) is 10.9. The number of carbonyl (C=O) groups excluding carboxylic acids is 2. The maximum atomic E-state index is 12.5. The third-order valence-electron chi connectivity index (χ3n) is 9.56. The van der Waals surface area contributed by atoms with Gasteiger partial charge in [0.05, 0.1) is 6.61 Å². The van der Waals surface area contributed by atoms with Gasteiger partial charge in [0.1, 0.15) is 6.61 Å². The highest BCUT2D eigenvalue weighted by atomic mass is 31.2. The average Bonchev–Trinajstić information content (AvgIpc) is 3.09. The molecule has 0 fully saturated rings. The number of unbranched alkanes of at least 4 members (excludes halogenated alkanes) is 28. The molecule has 0 bridgehead atoms. The summed E-state index contributed by atoms with van der Waals surface area (Å²) in [5.41, 5.74) is 0. The van der Waals surface area contributed by atoms with Crippen molar-refractivity contribution in [2.24, 2.45) is 0 Å². The second-order valence-corrected chi connectivity index (χ2v) is 16.6. The maximum Gasteiger partial charge on any atom is 0.327 e. The topological polar surface area (TPSA) is 99.1 Å². The molecule has 8 heteroatoms. The maximum absolute atomic E-state index is 12.5. The van der Waals surface area contributed by atoms with E-state index in [2.05, 4.69) is 13.8 Å². The first kappa shape index (κ1) is 48.1. The van der Waals surface area contributed by atoms with Gasteiger partial charge in [0.2, 0.25) is 0 Å². The fourth-order valence-corrected chi connectivity index (χ4v) is 6.77. The number of rotatable bonds is 39. The Morgan fingerprint density at radius 3 is 1.10 bits per heavy atom. The van der Waals surface area contributed by atoms with E-state index in [1.807, 2.05) is 0 Å². The number of carbonyl (C=O) groups is 2. The zero-order valence-corrected chi connectivity index (χ0v) is 33.6. The van der Waals surface area contributed by atoms with Crippen molar-refractivity contribution in [2.75, 3.05) is 19.4 Å². The Morgan fingerprint density at radius 1 is 0.469 bits per heavy atom. The van der Waals surface area contributed by atoms with E-state index < -0.39 is 13.7 Å². The molecule has 292 valence electrons. The lowest BCUT2D eigenvalue weighted by Crippen LogP contribution is -2.29. The van der Waals surface area contributed by atoms with E-state index in [1.165, 1.54) is 154 Å². The van der Waals surface area contributed by atoms with Crippen molar-refractivity contribution < 1.29 is 33.0 Å². The number of hydrogen-bond acceptors (Lipinski definition) is 6. The molecule has 0 spiro atoms. The van der Waals surface area contributed by atoms with Crippen molar-refractivity contribution in [2.45, 2.75) is 232 Å². The van der Waals surface area contributed by atoms with Gasteiger partial charge in [-0.3, -0.25) is 14.2 Å². The highest BCUT2D eigenvalue weighted by molar-refractivity contribution is 7.52. The minimum Gasteiger partial charge on any atom is -0.462 e. The Labute approximate surface area is 303 Å². The van der Waals surface area contributed by atoms with Crippen LogP contribution in [0.5, 0.6) is 0 Å². The molecule has 0 aliphatic carbocycles. The molecule has 0 aliphatic heterocycles. The Hall–Kier alpha value is -0.910. The van der Waals surface area contributed by atoms with E-state index >= 15 is 0 Å².